The van der Waals surface area contributed by atoms with Gasteiger partial charge in [0.2, 0.25) is 15.9 Å². The fourth-order valence-electron chi connectivity index (χ4n) is 4.69. The van der Waals surface area contributed by atoms with Crippen LogP contribution in [0.25, 0.3) is 11.1 Å². The first-order valence-electron chi connectivity index (χ1n) is 12.6. The molecule has 1 aliphatic heterocycles. The minimum Gasteiger partial charge on any atom is -0.493 e. The van der Waals surface area contributed by atoms with Crippen LogP contribution in [0.4, 0.5) is 0 Å². The maximum atomic E-state index is 13.3. The van der Waals surface area contributed by atoms with E-state index in [1.165, 1.54) is 36.7 Å². The van der Waals surface area contributed by atoms with Crippen molar-refractivity contribution in [2.24, 2.45) is 5.92 Å². The molecule has 2 atom stereocenters. The zero-order chi connectivity index (χ0) is 28.0. The molecule has 1 unspecified atom stereocenters. The number of nitrogens with one attached hydrogen (secondary N) is 1. The standard InChI is InChI=1S/C29H32N2O7S/c1-37-26-15-14-24(18-27(26)38-2)39(35,36)31-16-6-9-23(19-31)28(32)30-25(29(33)34)17-20-10-12-22(13-11-20)21-7-4-3-5-8-21/h3-5,7-8,10-15,18,23,25H,6,9,16-17,19H2,1-2H3,(H,30,32)(H,33,34)/t23?,25-/m0/s1. The molecule has 1 fully saturated rings. The first-order valence-corrected chi connectivity index (χ1v) is 14.1. The summed E-state index contributed by atoms with van der Waals surface area (Å²) in [6.45, 7) is 0.219. The van der Waals surface area contributed by atoms with E-state index < -0.39 is 33.9 Å². The molecule has 0 spiro atoms. The number of piperidine rings is 1. The molecule has 9 nitrogen and oxygen atoms in total. The van der Waals surface area contributed by atoms with Crippen LogP contribution in [0.2, 0.25) is 0 Å². The molecule has 0 saturated carbocycles. The Kier molecular flexibility index (Phi) is 8.88. The molecule has 0 aromatic heterocycles. The van der Waals surface area contributed by atoms with Gasteiger partial charge in [-0.2, -0.15) is 4.31 Å². The summed E-state index contributed by atoms with van der Waals surface area (Å²) in [6, 6.07) is 20.6. The van der Waals surface area contributed by atoms with Crippen LogP contribution >= 0.6 is 0 Å². The lowest BCUT2D eigenvalue weighted by molar-refractivity contribution is -0.142. The number of aliphatic carboxylic acids is 1. The highest BCUT2D eigenvalue weighted by atomic mass is 32.2. The van der Waals surface area contributed by atoms with Crippen LogP contribution in [0, 0.1) is 5.92 Å². The van der Waals surface area contributed by atoms with Crippen molar-refractivity contribution in [1.82, 2.24) is 9.62 Å². The van der Waals surface area contributed by atoms with E-state index >= 15 is 0 Å². The van der Waals surface area contributed by atoms with Crippen LogP contribution in [-0.2, 0) is 26.0 Å². The van der Waals surface area contributed by atoms with Crippen molar-refractivity contribution in [3.63, 3.8) is 0 Å². The molecule has 206 valence electrons. The number of methoxy groups -OCH3 is 2. The molecule has 39 heavy (non-hydrogen) atoms. The van der Waals surface area contributed by atoms with Gasteiger partial charge in [0.25, 0.3) is 0 Å². The lowest BCUT2D eigenvalue weighted by Crippen LogP contribution is -2.50. The maximum absolute atomic E-state index is 13.3. The second kappa shape index (κ2) is 12.3. The molecule has 1 amide bonds. The lowest BCUT2D eigenvalue weighted by atomic mass is 9.97. The minimum atomic E-state index is -3.90. The molecule has 4 rings (SSSR count). The smallest absolute Gasteiger partial charge is 0.326 e. The summed E-state index contributed by atoms with van der Waals surface area (Å²) in [6.07, 6.45) is 1.04. The van der Waals surface area contributed by atoms with Gasteiger partial charge in [-0.1, -0.05) is 54.6 Å². The number of ether oxygens (including phenoxy) is 2. The first kappa shape index (κ1) is 28.1. The molecule has 3 aromatic carbocycles. The van der Waals surface area contributed by atoms with Crippen molar-refractivity contribution < 1.29 is 32.6 Å². The third-order valence-electron chi connectivity index (χ3n) is 6.86. The van der Waals surface area contributed by atoms with Gasteiger partial charge < -0.3 is 19.9 Å². The van der Waals surface area contributed by atoms with Crippen molar-refractivity contribution in [1.29, 1.82) is 0 Å². The number of carbonyl (C=O) groups is 2. The van der Waals surface area contributed by atoms with Crippen LogP contribution in [-0.4, -0.2) is 63.1 Å². The van der Waals surface area contributed by atoms with Crippen molar-refractivity contribution in [2.45, 2.75) is 30.2 Å². The van der Waals surface area contributed by atoms with Gasteiger partial charge in [-0.25, -0.2) is 13.2 Å². The van der Waals surface area contributed by atoms with Gasteiger partial charge in [0.05, 0.1) is 25.0 Å². The number of nitrogens with zero attached hydrogens (tertiary/aromatic N) is 1. The highest BCUT2D eigenvalue weighted by molar-refractivity contribution is 7.89. The van der Waals surface area contributed by atoms with E-state index in [1.54, 1.807) is 0 Å². The number of hydrogen-bond donors (Lipinski definition) is 2. The summed E-state index contributed by atoms with van der Waals surface area (Å²) in [5.74, 6) is -1.61. The van der Waals surface area contributed by atoms with Gasteiger partial charge in [-0.05, 0) is 41.7 Å². The van der Waals surface area contributed by atoms with Crippen LogP contribution in [0.15, 0.2) is 77.7 Å². The molecule has 0 radical (unpaired) electrons. The monoisotopic (exact) mass is 552 g/mol. The number of benzene rings is 3. The summed E-state index contributed by atoms with van der Waals surface area (Å²) in [7, 11) is -1.02. The Morgan fingerprint density at radius 3 is 2.28 bits per heavy atom. The van der Waals surface area contributed by atoms with Crippen LogP contribution in [0.1, 0.15) is 18.4 Å². The number of rotatable bonds is 10. The second-order valence-electron chi connectivity index (χ2n) is 9.39. The zero-order valence-electron chi connectivity index (χ0n) is 21.9. The van der Waals surface area contributed by atoms with E-state index in [4.69, 9.17) is 9.47 Å². The molecule has 2 N–H and O–H groups in total. The van der Waals surface area contributed by atoms with E-state index in [0.29, 0.717) is 18.6 Å². The van der Waals surface area contributed by atoms with Crippen LogP contribution < -0.4 is 14.8 Å². The Morgan fingerprint density at radius 1 is 0.974 bits per heavy atom. The number of hydrogen-bond acceptors (Lipinski definition) is 6. The van der Waals surface area contributed by atoms with E-state index in [-0.39, 0.29) is 30.2 Å². The van der Waals surface area contributed by atoms with Crippen molar-refractivity contribution >= 4 is 21.9 Å². The Labute approximate surface area is 228 Å². The highest BCUT2D eigenvalue weighted by Crippen LogP contribution is 2.32. The highest BCUT2D eigenvalue weighted by Gasteiger charge is 2.35. The SMILES string of the molecule is COc1ccc(S(=O)(=O)N2CCCC(C(=O)N[C@@H](Cc3ccc(-c4ccccc4)cc3)C(=O)O)C2)cc1OC. The number of carboxylic acid groups (broad SMARTS) is 1. The third kappa shape index (κ3) is 6.58. The van der Waals surface area contributed by atoms with E-state index in [2.05, 4.69) is 5.32 Å². The fourth-order valence-corrected chi connectivity index (χ4v) is 6.23. The number of carboxylic acids is 1. The predicted molar refractivity (Wildman–Crippen MR) is 146 cm³/mol. The van der Waals surface area contributed by atoms with Crippen molar-refractivity contribution in [3.05, 3.63) is 78.4 Å². The van der Waals surface area contributed by atoms with Gasteiger partial charge >= 0.3 is 5.97 Å². The Balaban J connectivity index is 1.43. The van der Waals surface area contributed by atoms with E-state index in [9.17, 15) is 23.1 Å². The molecule has 1 saturated heterocycles. The second-order valence-corrected chi connectivity index (χ2v) is 11.3. The molecule has 3 aromatic rings. The lowest BCUT2D eigenvalue weighted by Gasteiger charge is -2.32. The Morgan fingerprint density at radius 2 is 1.64 bits per heavy atom. The summed E-state index contributed by atoms with van der Waals surface area (Å²) < 4.78 is 38.3. The average molecular weight is 553 g/mol. The fraction of sp³-hybridized carbons (Fsp3) is 0.310. The summed E-state index contributed by atoms with van der Waals surface area (Å²) in [5.41, 5.74) is 2.83. The molecule has 10 heteroatoms. The van der Waals surface area contributed by atoms with Gasteiger partial charge in [0.1, 0.15) is 6.04 Å². The number of sulfonamides is 1. The first-order chi connectivity index (χ1) is 18.7. The Bertz CT molecular complexity index is 1410. The van der Waals surface area contributed by atoms with E-state index in [1.807, 2.05) is 54.6 Å². The third-order valence-corrected chi connectivity index (χ3v) is 8.72. The van der Waals surface area contributed by atoms with Gasteiger partial charge in [-0.3, -0.25) is 4.79 Å². The summed E-state index contributed by atoms with van der Waals surface area (Å²) in [4.78, 5) is 25.1. The maximum Gasteiger partial charge on any atom is 0.326 e. The molecule has 0 bridgehead atoms. The largest absolute Gasteiger partial charge is 0.493 e. The zero-order valence-corrected chi connectivity index (χ0v) is 22.7. The normalized spacial score (nSPS) is 16.7. The molecule has 1 heterocycles. The topological polar surface area (TPSA) is 122 Å². The predicted octanol–water partition coefficient (Wildman–Crippen LogP) is 3.58. The number of carbonyl (C=O) groups excluding carboxylic acids is 1. The number of amides is 1. The van der Waals surface area contributed by atoms with Crippen molar-refractivity contribution in [2.75, 3.05) is 27.3 Å². The van der Waals surface area contributed by atoms with Gasteiger partial charge in [0.15, 0.2) is 11.5 Å². The van der Waals surface area contributed by atoms with Gasteiger partial charge in [-0.15, -0.1) is 0 Å². The quantitative estimate of drug-likeness (QED) is 0.394. The summed E-state index contributed by atoms with van der Waals surface area (Å²) in [5, 5.41) is 12.4. The molecular weight excluding hydrogens is 520 g/mol. The minimum absolute atomic E-state index is 0.0311. The average Bonchev–Trinajstić information content (AvgIpc) is 2.97. The van der Waals surface area contributed by atoms with E-state index in [0.717, 1.165) is 16.7 Å². The van der Waals surface area contributed by atoms with Crippen molar-refractivity contribution in [3.8, 4) is 22.6 Å². The molecular formula is C29H32N2O7S. The van der Waals surface area contributed by atoms with Crippen LogP contribution in [0.3, 0.4) is 0 Å². The van der Waals surface area contributed by atoms with Crippen LogP contribution in [0.5, 0.6) is 11.5 Å². The summed E-state index contributed by atoms with van der Waals surface area (Å²) >= 11 is 0. The molecule has 0 aliphatic carbocycles. The van der Waals surface area contributed by atoms with Gasteiger partial charge in [0, 0.05) is 25.6 Å². The Hall–Kier alpha value is -3.89. The molecule has 1 aliphatic rings.